The lowest BCUT2D eigenvalue weighted by molar-refractivity contribution is 0.0924. The van der Waals surface area contributed by atoms with Crippen molar-refractivity contribution >= 4 is 5.91 Å². The van der Waals surface area contributed by atoms with Crippen molar-refractivity contribution in [2.45, 2.75) is 45.6 Å². The number of hydrogen-bond donors (Lipinski definition) is 2. The van der Waals surface area contributed by atoms with Crippen LogP contribution in [0.5, 0.6) is 0 Å². The second kappa shape index (κ2) is 5.91. The minimum atomic E-state index is -0.0532. The van der Waals surface area contributed by atoms with Gasteiger partial charge in [-0.25, -0.2) is 0 Å². The summed E-state index contributed by atoms with van der Waals surface area (Å²) >= 11 is 0. The van der Waals surface area contributed by atoms with E-state index in [4.69, 9.17) is 0 Å². The molecule has 1 atom stereocenters. The maximum atomic E-state index is 12.8. The monoisotopic (exact) mass is 298 g/mol. The Kier molecular flexibility index (Phi) is 3.96. The molecule has 1 saturated carbocycles. The molecule has 1 fully saturated rings. The van der Waals surface area contributed by atoms with Gasteiger partial charge < -0.3 is 5.32 Å². The molecule has 0 saturated heterocycles. The number of carbonyl (C=O) groups excluding carboxylic acids is 1. The number of nitrogens with zero attached hydrogens (tertiary/aromatic N) is 2. The summed E-state index contributed by atoms with van der Waals surface area (Å²) in [4.78, 5) is 16.9. The molecule has 0 radical (unpaired) electrons. The van der Waals surface area contributed by atoms with Crippen molar-refractivity contribution in [3.8, 4) is 0 Å². The minimum Gasteiger partial charge on any atom is -0.345 e. The number of nitrogens with one attached hydrogen (secondary N) is 2. The number of hydrogen-bond acceptors (Lipinski definition) is 3. The first-order chi connectivity index (χ1) is 10.6. The van der Waals surface area contributed by atoms with Crippen molar-refractivity contribution in [3.63, 3.8) is 0 Å². The maximum absolute atomic E-state index is 12.8. The van der Waals surface area contributed by atoms with Gasteiger partial charge in [-0.2, -0.15) is 5.10 Å². The van der Waals surface area contributed by atoms with Crippen LogP contribution >= 0.6 is 0 Å². The zero-order valence-electron chi connectivity index (χ0n) is 13.3. The predicted octanol–water partition coefficient (Wildman–Crippen LogP) is 3.12. The Balaban J connectivity index is 1.84. The van der Waals surface area contributed by atoms with Crippen molar-refractivity contribution in [1.82, 2.24) is 20.5 Å². The molecule has 1 unspecified atom stereocenters. The topological polar surface area (TPSA) is 70.7 Å². The number of aromatic nitrogens is 3. The number of pyridine rings is 1. The van der Waals surface area contributed by atoms with Gasteiger partial charge in [-0.1, -0.05) is 19.9 Å². The number of H-pyrrole nitrogens is 1. The van der Waals surface area contributed by atoms with Crippen molar-refractivity contribution < 1.29 is 4.79 Å². The minimum absolute atomic E-state index is 0.0456. The summed E-state index contributed by atoms with van der Waals surface area (Å²) in [6, 6.07) is 3.85. The molecule has 0 aliphatic heterocycles. The van der Waals surface area contributed by atoms with Crippen LogP contribution in [0.4, 0.5) is 0 Å². The quantitative estimate of drug-likeness (QED) is 0.891. The highest BCUT2D eigenvalue weighted by Gasteiger charge is 2.33. The summed E-state index contributed by atoms with van der Waals surface area (Å²) < 4.78 is 0. The van der Waals surface area contributed by atoms with E-state index in [1.54, 1.807) is 6.20 Å². The first-order valence-corrected chi connectivity index (χ1v) is 7.83. The fourth-order valence-electron chi connectivity index (χ4n) is 2.80. The molecule has 2 heterocycles. The molecule has 0 aromatic carbocycles. The van der Waals surface area contributed by atoms with Gasteiger partial charge in [0.2, 0.25) is 0 Å². The van der Waals surface area contributed by atoms with Gasteiger partial charge in [0.25, 0.3) is 5.91 Å². The van der Waals surface area contributed by atoms with Gasteiger partial charge >= 0.3 is 0 Å². The van der Waals surface area contributed by atoms with E-state index < -0.39 is 0 Å². The molecule has 5 heteroatoms. The van der Waals surface area contributed by atoms with E-state index in [9.17, 15) is 4.79 Å². The first kappa shape index (κ1) is 14.8. The van der Waals surface area contributed by atoms with Crippen LogP contribution in [0.1, 0.15) is 66.0 Å². The molecule has 5 nitrogen and oxygen atoms in total. The average Bonchev–Trinajstić information content (AvgIpc) is 3.28. The zero-order chi connectivity index (χ0) is 15.7. The van der Waals surface area contributed by atoms with Gasteiger partial charge in [0.15, 0.2) is 0 Å². The van der Waals surface area contributed by atoms with Crippen LogP contribution in [0.2, 0.25) is 0 Å². The standard InChI is InChI=1S/C17H22N4O/c1-10(2)15(13-5-4-8-18-9-13)19-17(22)14-11(3)20-21-16(14)12-6-7-12/h4-5,8-10,12,15H,6-7H2,1-3H3,(H,19,22)(H,20,21). The molecule has 0 spiro atoms. The van der Waals surface area contributed by atoms with E-state index in [0.29, 0.717) is 5.92 Å². The molecule has 1 amide bonds. The van der Waals surface area contributed by atoms with Crippen LogP contribution in [-0.2, 0) is 0 Å². The van der Waals surface area contributed by atoms with Gasteiger partial charge in [-0.15, -0.1) is 0 Å². The Morgan fingerprint density at radius 1 is 1.41 bits per heavy atom. The van der Waals surface area contributed by atoms with Crippen LogP contribution in [0.15, 0.2) is 24.5 Å². The number of amides is 1. The Morgan fingerprint density at radius 2 is 2.18 bits per heavy atom. The number of aryl methyl sites for hydroxylation is 1. The second-order valence-electron chi connectivity index (χ2n) is 6.36. The molecule has 22 heavy (non-hydrogen) atoms. The van der Waals surface area contributed by atoms with Gasteiger partial charge in [-0.05, 0) is 37.3 Å². The maximum Gasteiger partial charge on any atom is 0.255 e. The summed E-state index contributed by atoms with van der Waals surface area (Å²) in [5.41, 5.74) is 3.51. The SMILES string of the molecule is Cc1[nH]nc(C2CC2)c1C(=O)NC(c1cccnc1)C(C)C. The fourth-order valence-corrected chi connectivity index (χ4v) is 2.80. The van der Waals surface area contributed by atoms with Crippen molar-refractivity contribution in [3.05, 3.63) is 47.0 Å². The summed E-state index contributed by atoms with van der Waals surface area (Å²) in [7, 11) is 0. The number of rotatable bonds is 5. The highest BCUT2D eigenvalue weighted by Crippen LogP contribution is 2.41. The van der Waals surface area contributed by atoms with E-state index in [-0.39, 0.29) is 17.9 Å². The van der Waals surface area contributed by atoms with Crippen molar-refractivity contribution in [2.75, 3.05) is 0 Å². The van der Waals surface area contributed by atoms with Crippen molar-refractivity contribution in [1.29, 1.82) is 0 Å². The van der Waals surface area contributed by atoms with E-state index in [0.717, 1.165) is 35.4 Å². The highest BCUT2D eigenvalue weighted by atomic mass is 16.1. The largest absolute Gasteiger partial charge is 0.345 e. The molecule has 1 aliphatic carbocycles. The molecule has 2 N–H and O–H groups in total. The lowest BCUT2D eigenvalue weighted by Gasteiger charge is -2.22. The Morgan fingerprint density at radius 3 is 2.77 bits per heavy atom. The zero-order valence-corrected chi connectivity index (χ0v) is 13.3. The fraction of sp³-hybridized carbons (Fsp3) is 0.471. The van der Waals surface area contributed by atoms with Crippen LogP contribution < -0.4 is 5.32 Å². The highest BCUT2D eigenvalue weighted by molar-refractivity contribution is 5.97. The van der Waals surface area contributed by atoms with Crippen molar-refractivity contribution in [2.24, 2.45) is 5.92 Å². The van der Waals surface area contributed by atoms with Crippen LogP contribution in [0.25, 0.3) is 0 Å². The van der Waals surface area contributed by atoms with Crippen LogP contribution in [0, 0.1) is 12.8 Å². The van der Waals surface area contributed by atoms with Gasteiger partial charge in [0.1, 0.15) is 0 Å². The van der Waals surface area contributed by atoms with E-state index in [1.807, 2.05) is 25.3 Å². The lowest BCUT2D eigenvalue weighted by Crippen LogP contribution is -2.32. The van der Waals surface area contributed by atoms with E-state index in [2.05, 4.69) is 34.3 Å². The second-order valence-corrected chi connectivity index (χ2v) is 6.36. The third kappa shape index (κ3) is 2.89. The normalized spacial score (nSPS) is 15.8. The summed E-state index contributed by atoms with van der Waals surface area (Å²) in [6.07, 6.45) is 5.81. The molecular formula is C17H22N4O. The first-order valence-electron chi connectivity index (χ1n) is 7.83. The predicted molar refractivity (Wildman–Crippen MR) is 84.6 cm³/mol. The average molecular weight is 298 g/mol. The summed E-state index contributed by atoms with van der Waals surface area (Å²) in [5.74, 6) is 0.682. The van der Waals surface area contributed by atoms with Gasteiger partial charge in [-0.3, -0.25) is 14.9 Å². The molecular weight excluding hydrogens is 276 g/mol. The molecule has 3 rings (SSSR count). The number of aromatic amines is 1. The molecule has 1 aliphatic rings. The third-order valence-electron chi connectivity index (χ3n) is 4.16. The molecule has 0 bridgehead atoms. The van der Waals surface area contributed by atoms with E-state index in [1.165, 1.54) is 0 Å². The van der Waals surface area contributed by atoms with Gasteiger partial charge in [0, 0.05) is 24.0 Å². The smallest absolute Gasteiger partial charge is 0.255 e. The Hall–Kier alpha value is -2.17. The number of carbonyl (C=O) groups is 1. The van der Waals surface area contributed by atoms with E-state index >= 15 is 0 Å². The van der Waals surface area contributed by atoms with Crippen LogP contribution in [0.3, 0.4) is 0 Å². The third-order valence-corrected chi connectivity index (χ3v) is 4.16. The molecule has 2 aromatic heterocycles. The molecule has 2 aromatic rings. The Labute approximate surface area is 130 Å². The van der Waals surface area contributed by atoms with Crippen LogP contribution in [-0.4, -0.2) is 21.1 Å². The summed E-state index contributed by atoms with van der Waals surface area (Å²) in [5, 5.41) is 10.4. The van der Waals surface area contributed by atoms with Gasteiger partial charge in [0.05, 0.1) is 17.3 Å². The summed E-state index contributed by atoms with van der Waals surface area (Å²) in [6.45, 7) is 6.10. The Bertz CT molecular complexity index is 659. The molecule has 116 valence electrons. The lowest BCUT2D eigenvalue weighted by atomic mass is 9.96.